The average Bonchev–Trinajstić information content (AvgIpc) is 3.01. The number of aromatic nitrogens is 2. The number of hydrogen-bond acceptors (Lipinski definition) is 5. The van der Waals surface area contributed by atoms with Gasteiger partial charge in [0.05, 0.1) is 5.75 Å². The molecule has 1 aliphatic carbocycles. The summed E-state index contributed by atoms with van der Waals surface area (Å²) in [6, 6.07) is 3.23. The second-order valence-electron chi connectivity index (χ2n) is 5.91. The van der Waals surface area contributed by atoms with Gasteiger partial charge in [-0.1, -0.05) is 11.8 Å². The number of carbonyl (C=O) groups excluding carboxylic acids is 1. The van der Waals surface area contributed by atoms with Crippen LogP contribution in [-0.4, -0.2) is 21.5 Å². The molecule has 3 aromatic rings. The fraction of sp³-hybridized carbons (Fsp3) is 0.278. The zero-order valence-electron chi connectivity index (χ0n) is 13.2. The highest BCUT2D eigenvalue weighted by Gasteiger charge is 2.20. The molecule has 2 heterocycles. The van der Waals surface area contributed by atoms with Crippen molar-refractivity contribution in [1.29, 1.82) is 0 Å². The minimum absolute atomic E-state index is 0.127. The van der Waals surface area contributed by atoms with E-state index < -0.39 is 11.6 Å². The second-order valence-corrected chi connectivity index (χ2v) is 7.96. The van der Waals surface area contributed by atoms with Crippen molar-refractivity contribution in [3.05, 3.63) is 52.2 Å². The molecule has 0 fully saturated rings. The van der Waals surface area contributed by atoms with Crippen molar-refractivity contribution in [2.75, 3.05) is 5.75 Å². The lowest BCUT2D eigenvalue weighted by molar-refractivity contribution is 0.102. The van der Waals surface area contributed by atoms with Crippen molar-refractivity contribution in [2.24, 2.45) is 0 Å². The number of benzene rings is 1. The Hall–Kier alpha value is -1.86. The van der Waals surface area contributed by atoms with Crippen LogP contribution in [0.3, 0.4) is 0 Å². The highest BCUT2D eigenvalue weighted by atomic mass is 32.2. The van der Waals surface area contributed by atoms with Gasteiger partial charge in [-0.2, -0.15) is 0 Å². The summed E-state index contributed by atoms with van der Waals surface area (Å²) >= 11 is 3.04. The van der Waals surface area contributed by atoms with Crippen molar-refractivity contribution >= 4 is 39.1 Å². The van der Waals surface area contributed by atoms with Gasteiger partial charge < -0.3 is 0 Å². The van der Waals surface area contributed by atoms with E-state index in [-0.39, 0.29) is 17.1 Å². The molecular formula is C18H14F2N2OS2. The van der Waals surface area contributed by atoms with Crippen LogP contribution in [0.15, 0.2) is 29.6 Å². The van der Waals surface area contributed by atoms with Crippen molar-refractivity contribution in [3.63, 3.8) is 0 Å². The van der Waals surface area contributed by atoms with Crippen LogP contribution in [0.2, 0.25) is 0 Å². The van der Waals surface area contributed by atoms with Crippen LogP contribution >= 0.6 is 23.1 Å². The third-order valence-corrected chi connectivity index (χ3v) is 6.49. The van der Waals surface area contributed by atoms with Crippen LogP contribution in [0.5, 0.6) is 0 Å². The third kappa shape index (κ3) is 3.18. The molecule has 1 aliphatic rings. The number of hydrogen-bond donors (Lipinski definition) is 0. The molecular weight excluding hydrogens is 362 g/mol. The molecule has 0 amide bonds. The number of carbonyl (C=O) groups is 1. The molecule has 0 saturated carbocycles. The fourth-order valence-corrected chi connectivity index (χ4v) is 5.27. The Morgan fingerprint density at radius 3 is 2.84 bits per heavy atom. The Kier molecular flexibility index (Phi) is 4.52. The highest BCUT2D eigenvalue weighted by Crippen LogP contribution is 2.39. The predicted octanol–water partition coefficient (Wildman–Crippen LogP) is 4.82. The number of rotatable bonds is 4. The maximum absolute atomic E-state index is 13.3. The van der Waals surface area contributed by atoms with Crippen LogP contribution in [0.4, 0.5) is 8.78 Å². The fourth-order valence-electron chi connectivity index (χ4n) is 3.06. The molecule has 1 aromatic carbocycles. The van der Waals surface area contributed by atoms with Crippen molar-refractivity contribution in [3.8, 4) is 0 Å². The molecule has 2 aromatic heterocycles. The first-order chi connectivity index (χ1) is 12.1. The van der Waals surface area contributed by atoms with Gasteiger partial charge in [-0.25, -0.2) is 18.7 Å². The van der Waals surface area contributed by atoms with Gasteiger partial charge >= 0.3 is 0 Å². The van der Waals surface area contributed by atoms with E-state index in [2.05, 4.69) is 9.97 Å². The molecule has 128 valence electrons. The summed E-state index contributed by atoms with van der Waals surface area (Å²) in [4.78, 5) is 23.4. The van der Waals surface area contributed by atoms with Crippen molar-refractivity contribution in [2.45, 2.75) is 30.7 Å². The maximum atomic E-state index is 13.3. The van der Waals surface area contributed by atoms with Crippen LogP contribution in [0.25, 0.3) is 10.2 Å². The lowest BCUT2D eigenvalue weighted by Crippen LogP contribution is -2.04. The lowest BCUT2D eigenvalue weighted by atomic mass is 9.97. The number of thiophene rings is 1. The molecule has 0 spiro atoms. The van der Waals surface area contributed by atoms with E-state index in [4.69, 9.17) is 0 Å². The topological polar surface area (TPSA) is 42.9 Å². The minimum Gasteiger partial charge on any atom is -0.293 e. The number of thioether (sulfide) groups is 1. The van der Waals surface area contributed by atoms with E-state index >= 15 is 0 Å². The number of nitrogens with zero attached hydrogens (tertiary/aromatic N) is 2. The van der Waals surface area contributed by atoms with Gasteiger partial charge in [0.25, 0.3) is 0 Å². The quantitative estimate of drug-likeness (QED) is 0.372. The SMILES string of the molecule is O=C(CSc1ncnc2sc3c(c12)CCCC3)c1ccc(F)c(F)c1. The summed E-state index contributed by atoms with van der Waals surface area (Å²) in [5.74, 6) is -2.08. The molecule has 25 heavy (non-hydrogen) atoms. The summed E-state index contributed by atoms with van der Waals surface area (Å²) in [5, 5.41) is 1.85. The summed E-state index contributed by atoms with van der Waals surface area (Å²) in [6.07, 6.45) is 5.98. The van der Waals surface area contributed by atoms with E-state index in [1.165, 1.54) is 41.0 Å². The monoisotopic (exact) mass is 376 g/mol. The second kappa shape index (κ2) is 6.80. The molecule has 4 rings (SSSR count). The van der Waals surface area contributed by atoms with Gasteiger partial charge in [-0.3, -0.25) is 4.79 Å². The number of halogens is 2. The molecule has 7 heteroatoms. The van der Waals surface area contributed by atoms with Crippen molar-refractivity contribution in [1.82, 2.24) is 9.97 Å². The van der Waals surface area contributed by atoms with Gasteiger partial charge in [0.1, 0.15) is 16.2 Å². The molecule has 0 radical (unpaired) electrons. The van der Waals surface area contributed by atoms with Gasteiger partial charge in [0.2, 0.25) is 0 Å². The Morgan fingerprint density at radius 2 is 2.00 bits per heavy atom. The Bertz CT molecular complexity index is 971. The number of Topliss-reactive ketones (excluding diaryl/α,β-unsaturated/α-hetero) is 1. The van der Waals surface area contributed by atoms with Gasteiger partial charge in [0.15, 0.2) is 17.4 Å². The maximum Gasteiger partial charge on any atom is 0.173 e. The molecule has 0 bridgehead atoms. The van der Waals surface area contributed by atoms with E-state index in [1.807, 2.05) is 0 Å². The zero-order valence-corrected chi connectivity index (χ0v) is 14.9. The molecule has 0 atom stereocenters. The van der Waals surface area contributed by atoms with E-state index in [0.29, 0.717) is 0 Å². The van der Waals surface area contributed by atoms with Crippen LogP contribution in [0.1, 0.15) is 33.6 Å². The minimum atomic E-state index is -1.01. The van der Waals surface area contributed by atoms with Crippen LogP contribution < -0.4 is 0 Å². The molecule has 3 nitrogen and oxygen atoms in total. The normalized spacial score (nSPS) is 13.8. The van der Waals surface area contributed by atoms with Gasteiger partial charge in [0, 0.05) is 15.8 Å². The Morgan fingerprint density at radius 1 is 1.16 bits per heavy atom. The molecule has 0 unspecified atom stereocenters. The first-order valence-corrected chi connectivity index (χ1v) is 9.80. The van der Waals surface area contributed by atoms with E-state index in [0.717, 1.165) is 46.6 Å². The van der Waals surface area contributed by atoms with Crippen LogP contribution in [-0.2, 0) is 12.8 Å². The molecule has 0 aliphatic heterocycles. The molecule has 0 saturated heterocycles. The van der Waals surface area contributed by atoms with E-state index in [9.17, 15) is 13.6 Å². The summed E-state index contributed by atoms with van der Waals surface area (Å²) in [5.41, 5.74) is 1.48. The van der Waals surface area contributed by atoms with Gasteiger partial charge in [-0.05, 0) is 49.4 Å². The highest BCUT2D eigenvalue weighted by molar-refractivity contribution is 8.00. The van der Waals surface area contributed by atoms with Crippen LogP contribution in [0, 0.1) is 11.6 Å². The summed E-state index contributed by atoms with van der Waals surface area (Å²) < 4.78 is 26.3. The zero-order chi connectivity index (χ0) is 17.4. The summed E-state index contributed by atoms with van der Waals surface area (Å²) in [7, 11) is 0. The number of fused-ring (bicyclic) bond motifs is 3. The Balaban J connectivity index is 1.59. The van der Waals surface area contributed by atoms with Crippen molar-refractivity contribution < 1.29 is 13.6 Å². The third-order valence-electron chi connectivity index (χ3n) is 4.30. The number of aryl methyl sites for hydroxylation is 2. The summed E-state index contributed by atoms with van der Waals surface area (Å²) in [6.45, 7) is 0. The standard InChI is InChI=1S/C18H14F2N2OS2/c19-12-6-5-10(7-13(12)20)14(23)8-24-17-16-11-3-1-2-4-15(11)25-18(16)22-9-21-17/h5-7,9H,1-4,8H2. The first-order valence-electron chi connectivity index (χ1n) is 8.00. The average molecular weight is 376 g/mol. The molecule has 0 N–H and O–H groups in total. The van der Waals surface area contributed by atoms with Gasteiger partial charge in [-0.15, -0.1) is 11.3 Å². The Labute approximate surface area is 151 Å². The van der Waals surface area contributed by atoms with E-state index in [1.54, 1.807) is 11.3 Å². The largest absolute Gasteiger partial charge is 0.293 e. The first kappa shape index (κ1) is 16.6. The lowest BCUT2D eigenvalue weighted by Gasteiger charge is -2.11. The smallest absolute Gasteiger partial charge is 0.173 e. The number of ketones is 1. The predicted molar refractivity (Wildman–Crippen MR) is 95.5 cm³/mol.